The van der Waals surface area contributed by atoms with E-state index in [-0.39, 0.29) is 24.1 Å². The van der Waals surface area contributed by atoms with Crippen LogP contribution in [-0.4, -0.2) is 64.4 Å². The topological polar surface area (TPSA) is 65.5 Å². The second-order valence-electron chi connectivity index (χ2n) is 9.72. The van der Waals surface area contributed by atoms with Crippen molar-refractivity contribution in [2.45, 2.75) is 62.3 Å². The van der Waals surface area contributed by atoms with Crippen molar-refractivity contribution in [1.82, 2.24) is 20.1 Å². The number of nitrogens with one attached hydrogen (secondary N) is 1. The minimum absolute atomic E-state index is 0.109. The molecule has 0 bridgehead atoms. The Bertz CT molecular complexity index is 1080. The zero-order chi connectivity index (χ0) is 24.6. The van der Waals surface area contributed by atoms with Crippen LogP contribution in [0.4, 0.5) is 13.2 Å². The number of fused-ring (bicyclic) bond motifs is 1. The Hall–Kier alpha value is -2.94. The van der Waals surface area contributed by atoms with E-state index >= 15 is 0 Å². The van der Waals surface area contributed by atoms with Gasteiger partial charge >= 0.3 is 6.18 Å². The zero-order valence-electron chi connectivity index (χ0n) is 19.4. The summed E-state index contributed by atoms with van der Waals surface area (Å²) in [6.07, 6.45) is 2.47. The van der Waals surface area contributed by atoms with Crippen molar-refractivity contribution in [3.8, 4) is 0 Å². The maximum absolute atomic E-state index is 12.9. The molecular weight excluding hydrogens is 457 g/mol. The minimum Gasteiger partial charge on any atom is -0.343 e. The molecule has 2 unspecified atom stereocenters. The van der Waals surface area contributed by atoms with Crippen LogP contribution in [0.1, 0.15) is 59.6 Å². The smallest absolute Gasteiger partial charge is 0.343 e. The molecule has 1 aromatic heterocycles. The first-order valence-corrected chi connectivity index (χ1v) is 12.2. The highest BCUT2D eigenvalue weighted by atomic mass is 19.4. The third kappa shape index (κ3) is 4.91. The molecule has 3 fully saturated rings. The van der Waals surface area contributed by atoms with Gasteiger partial charge in [-0.1, -0.05) is 12.1 Å². The van der Waals surface area contributed by atoms with E-state index in [1.165, 1.54) is 12.1 Å². The Morgan fingerprint density at radius 1 is 1.00 bits per heavy atom. The number of carbonyl (C=O) groups excluding carboxylic acids is 2. The number of benzene rings is 1. The van der Waals surface area contributed by atoms with Crippen LogP contribution < -0.4 is 5.32 Å². The molecule has 2 amide bonds. The monoisotopic (exact) mass is 486 g/mol. The fraction of sp³-hybridized carbons (Fsp3) is 0.500. The fourth-order valence-corrected chi connectivity index (χ4v) is 6.12. The molecule has 0 spiro atoms. The summed E-state index contributed by atoms with van der Waals surface area (Å²) in [4.78, 5) is 34.3. The Labute approximate surface area is 202 Å². The Kier molecular flexibility index (Phi) is 6.53. The Morgan fingerprint density at radius 2 is 1.83 bits per heavy atom. The van der Waals surface area contributed by atoms with Gasteiger partial charge in [-0.15, -0.1) is 0 Å². The van der Waals surface area contributed by atoms with Gasteiger partial charge in [0.25, 0.3) is 5.91 Å². The van der Waals surface area contributed by atoms with E-state index in [1.54, 1.807) is 0 Å². The molecule has 3 aliphatic rings. The molecule has 2 aromatic rings. The van der Waals surface area contributed by atoms with E-state index < -0.39 is 17.6 Å². The Balaban J connectivity index is 1.15. The maximum Gasteiger partial charge on any atom is 0.416 e. The first-order valence-electron chi connectivity index (χ1n) is 12.2. The van der Waals surface area contributed by atoms with Gasteiger partial charge in [0.15, 0.2) is 0 Å². The number of likely N-dealkylation sites (tertiary alicyclic amines) is 2. The summed E-state index contributed by atoms with van der Waals surface area (Å²) in [5.41, 5.74) is 0.162. The summed E-state index contributed by atoms with van der Waals surface area (Å²) in [6, 6.07) is 11.3. The van der Waals surface area contributed by atoms with Gasteiger partial charge in [0.2, 0.25) is 5.91 Å². The van der Waals surface area contributed by atoms with Crippen molar-refractivity contribution >= 4 is 11.8 Å². The second kappa shape index (κ2) is 9.60. The van der Waals surface area contributed by atoms with Crippen molar-refractivity contribution in [2.24, 2.45) is 0 Å². The van der Waals surface area contributed by atoms with Gasteiger partial charge in [-0.05, 0) is 62.4 Å². The molecule has 0 radical (unpaired) electrons. The van der Waals surface area contributed by atoms with E-state index in [9.17, 15) is 22.8 Å². The second-order valence-corrected chi connectivity index (χ2v) is 9.72. The van der Waals surface area contributed by atoms with E-state index in [1.807, 2.05) is 23.2 Å². The lowest BCUT2D eigenvalue weighted by atomic mass is 10.0. The molecule has 1 saturated carbocycles. The molecule has 2 aliphatic heterocycles. The van der Waals surface area contributed by atoms with E-state index in [2.05, 4.69) is 21.3 Å². The summed E-state index contributed by atoms with van der Waals surface area (Å²) in [5.74, 6) is -0.386. The van der Waals surface area contributed by atoms with E-state index in [0.29, 0.717) is 24.5 Å². The minimum atomic E-state index is -4.53. The van der Waals surface area contributed by atoms with Crippen molar-refractivity contribution in [2.75, 3.05) is 19.6 Å². The van der Waals surface area contributed by atoms with Gasteiger partial charge in [-0.3, -0.25) is 19.5 Å². The third-order valence-corrected chi connectivity index (χ3v) is 7.77. The molecule has 186 valence electrons. The van der Waals surface area contributed by atoms with Crippen LogP contribution in [-0.2, 0) is 11.0 Å². The highest BCUT2D eigenvalue weighted by molar-refractivity contribution is 5.96. The zero-order valence-corrected chi connectivity index (χ0v) is 19.4. The number of pyridine rings is 1. The molecule has 9 heteroatoms. The average molecular weight is 487 g/mol. The first kappa shape index (κ1) is 23.8. The fourth-order valence-electron chi connectivity index (χ4n) is 6.12. The van der Waals surface area contributed by atoms with Crippen LogP contribution in [0.3, 0.4) is 0 Å². The van der Waals surface area contributed by atoms with Crippen LogP contribution in [0.15, 0.2) is 48.7 Å². The molecule has 3 heterocycles. The quantitative estimate of drug-likeness (QED) is 0.698. The van der Waals surface area contributed by atoms with Crippen LogP contribution in [0.2, 0.25) is 0 Å². The molecular formula is C26H29F3N4O2. The van der Waals surface area contributed by atoms with Crippen molar-refractivity contribution < 1.29 is 22.8 Å². The van der Waals surface area contributed by atoms with Gasteiger partial charge in [-0.25, -0.2) is 0 Å². The van der Waals surface area contributed by atoms with Crippen LogP contribution in [0.25, 0.3) is 0 Å². The summed E-state index contributed by atoms with van der Waals surface area (Å²) in [6.45, 7) is 1.37. The number of aromatic nitrogens is 1. The van der Waals surface area contributed by atoms with Crippen molar-refractivity contribution in [3.63, 3.8) is 0 Å². The molecule has 4 atom stereocenters. The number of amides is 2. The number of halogens is 3. The number of nitrogens with zero attached hydrogens (tertiary/aromatic N) is 3. The molecule has 2 saturated heterocycles. The predicted octanol–water partition coefficient (Wildman–Crippen LogP) is 3.84. The largest absolute Gasteiger partial charge is 0.416 e. The highest BCUT2D eigenvalue weighted by Gasteiger charge is 2.47. The van der Waals surface area contributed by atoms with Crippen LogP contribution >= 0.6 is 0 Å². The van der Waals surface area contributed by atoms with Crippen LogP contribution in [0, 0.1) is 0 Å². The lowest BCUT2D eigenvalue weighted by Gasteiger charge is -2.30. The standard InChI is InChI=1S/C26H29F3N4O2/c27-26(28,29)19-5-3-4-18(14-19)25(35)31-16-24(34)33-13-10-22-23(33)9-12-32(22)20-8-7-17(15-20)21-6-1-2-11-30-21/h1-6,11,14,17,20,22-23H,7-10,12-13,15-16H2,(H,31,35)/t17?,20?,22-,23-/m1/s1. The summed E-state index contributed by atoms with van der Waals surface area (Å²) < 4.78 is 38.8. The summed E-state index contributed by atoms with van der Waals surface area (Å²) >= 11 is 0. The molecule has 6 nitrogen and oxygen atoms in total. The van der Waals surface area contributed by atoms with Gasteiger partial charge in [0.05, 0.1) is 12.1 Å². The number of hydrogen-bond acceptors (Lipinski definition) is 4. The highest BCUT2D eigenvalue weighted by Crippen LogP contribution is 2.41. The molecule has 1 aromatic carbocycles. The lowest BCUT2D eigenvalue weighted by molar-refractivity contribution is -0.137. The first-order chi connectivity index (χ1) is 16.8. The molecule has 35 heavy (non-hydrogen) atoms. The lowest BCUT2D eigenvalue weighted by Crippen LogP contribution is -2.45. The van der Waals surface area contributed by atoms with Gasteiger partial charge in [-0.2, -0.15) is 13.2 Å². The number of alkyl halides is 3. The summed E-state index contributed by atoms with van der Waals surface area (Å²) in [7, 11) is 0. The molecule has 1 N–H and O–H groups in total. The SMILES string of the molecule is O=C(NCC(=O)N1CC[C@@H]2[C@H]1CCN2C1CCC(c2ccccn2)C1)c1cccc(C(F)(F)F)c1. The molecule has 1 aliphatic carbocycles. The average Bonchev–Trinajstić information content (AvgIpc) is 3.59. The Morgan fingerprint density at radius 3 is 2.60 bits per heavy atom. The van der Waals surface area contributed by atoms with Crippen molar-refractivity contribution in [1.29, 1.82) is 0 Å². The van der Waals surface area contributed by atoms with Crippen LogP contribution in [0.5, 0.6) is 0 Å². The van der Waals surface area contributed by atoms with E-state index in [0.717, 1.165) is 56.5 Å². The number of carbonyl (C=O) groups is 2. The van der Waals surface area contributed by atoms with E-state index in [4.69, 9.17) is 0 Å². The number of rotatable bonds is 5. The molecule has 5 rings (SSSR count). The summed E-state index contributed by atoms with van der Waals surface area (Å²) in [5, 5.41) is 2.51. The number of hydrogen-bond donors (Lipinski definition) is 1. The third-order valence-electron chi connectivity index (χ3n) is 7.77. The van der Waals surface area contributed by atoms with Gasteiger partial charge in [0.1, 0.15) is 0 Å². The normalized spacial score (nSPS) is 26.7. The predicted molar refractivity (Wildman–Crippen MR) is 124 cm³/mol. The maximum atomic E-state index is 12.9. The van der Waals surface area contributed by atoms with Gasteiger partial charge in [0, 0.05) is 54.6 Å². The van der Waals surface area contributed by atoms with Crippen molar-refractivity contribution in [3.05, 3.63) is 65.5 Å². The van der Waals surface area contributed by atoms with Gasteiger partial charge < -0.3 is 10.2 Å².